The number of hydrogen-bond acceptors (Lipinski definition) is 2. The first-order valence-electron chi connectivity index (χ1n) is 2.42. The fourth-order valence-corrected chi connectivity index (χ4v) is 1.95. The molecular weight excluding hydrogens is 177 g/mol. The zero-order valence-electron chi connectivity index (χ0n) is 4.82. The van der Waals surface area contributed by atoms with E-state index in [1.165, 1.54) is 11.5 Å². The Morgan fingerprint density at radius 3 is 2.56 bits per heavy atom. The molecule has 0 N–H and O–H groups in total. The van der Waals surface area contributed by atoms with E-state index in [-0.39, 0.29) is 0 Å². The number of halogens is 2. The Balaban J connectivity index is 3.07. The molecule has 0 aliphatic carbocycles. The van der Waals surface area contributed by atoms with Gasteiger partial charge in [-0.25, -0.2) is 0 Å². The topological polar surface area (TPSA) is 12.9 Å². The molecule has 0 unspecified atom stereocenters. The predicted octanol–water partition coefficient (Wildman–Crippen LogP) is 2.84. The SMILES string of the molecule is Cc1nsc(Cl)c1CCl. The molecule has 0 aliphatic heterocycles. The lowest BCUT2D eigenvalue weighted by Gasteiger charge is -1.87. The normalized spacial score (nSPS) is 10.1. The Bertz CT molecular complexity index is 189. The molecule has 0 aliphatic rings. The Morgan fingerprint density at radius 1 is 1.67 bits per heavy atom. The number of aromatic nitrogens is 1. The van der Waals surface area contributed by atoms with Gasteiger partial charge in [0.25, 0.3) is 0 Å². The maximum absolute atomic E-state index is 5.72. The van der Waals surface area contributed by atoms with Gasteiger partial charge in [0.15, 0.2) is 0 Å². The van der Waals surface area contributed by atoms with Crippen LogP contribution >= 0.6 is 34.7 Å². The van der Waals surface area contributed by atoms with Crippen LogP contribution in [0.25, 0.3) is 0 Å². The monoisotopic (exact) mass is 181 g/mol. The van der Waals surface area contributed by atoms with Gasteiger partial charge in [0.1, 0.15) is 4.34 Å². The molecule has 1 rings (SSSR count). The van der Waals surface area contributed by atoms with Crippen molar-refractivity contribution in [1.82, 2.24) is 4.37 Å². The van der Waals surface area contributed by atoms with E-state index in [0.29, 0.717) is 10.2 Å². The van der Waals surface area contributed by atoms with Gasteiger partial charge in [-0.05, 0) is 18.5 Å². The standard InChI is InChI=1S/C5H5Cl2NS/c1-3-4(2-6)5(7)9-8-3/h2H2,1H3. The molecule has 50 valence electrons. The zero-order valence-corrected chi connectivity index (χ0v) is 7.15. The van der Waals surface area contributed by atoms with Gasteiger partial charge in [0, 0.05) is 5.56 Å². The van der Waals surface area contributed by atoms with E-state index in [4.69, 9.17) is 23.2 Å². The largest absolute Gasteiger partial charge is 0.196 e. The van der Waals surface area contributed by atoms with Crippen molar-refractivity contribution < 1.29 is 0 Å². The molecule has 0 bridgehead atoms. The van der Waals surface area contributed by atoms with Gasteiger partial charge in [-0.2, -0.15) is 4.37 Å². The lowest BCUT2D eigenvalue weighted by molar-refractivity contribution is 1.25. The third-order valence-corrected chi connectivity index (χ3v) is 2.54. The Labute approximate surface area is 67.8 Å². The third-order valence-electron chi connectivity index (χ3n) is 1.07. The van der Waals surface area contributed by atoms with E-state index in [9.17, 15) is 0 Å². The van der Waals surface area contributed by atoms with Crippen LogP contribution in [-0.2, 0) is 5.88 Å². The molecule has 0 atom stereocenters. The van der Waals surface area contributed by atoms with Crippen LogP contribution in [0.3, 0.4) is 0 Å². The van der Waals surface area contributed by atoms with Crippen LogP contribution in [0.2, 0.25) is 4.34 Å². The van der Waals surface area contributed by atoms with Gasteiger partial charge in [-0.3, -0.25) is 0 Å². The molecule has 0 aromatic carbocycles. The fourth-order valence-electron chi connectivity index (χ4n) is 0.510. The first kappa shape index (κ1) is 7.32. The summed E-state index contributed by atoms with van der Waals surface area (Å²) < 4.78 is 4.72. The van der Waals surface area contributed by atoms with Gasteiger partial charge in [-0.15, -0.1) is 11.6 Å². The minimum atomic E-state index is 0.459. The third kappa shape index (κ3) is 1.37. The summed E-state index contributed by atoms with van der Waals surface area (Å²) in [4.78, 5) is 0. The second-order valence-electron chi connectivity index (χ2n) is 1.65. The fraction of sp³-hybridized carbons (Fsp3) is 0.400. The van der Waals surface area contributed by atoms with E-state index in [0.717, 1.165) is 11.3 Å². The molecule has 0 saturated carbocycles. The minimum absolute atomic E-state index is 0.459. The lowest BCUT2D eigenvalue weighted by Crippen LogP contribution is -1.77. The van der Waals surface area contributed by atoms with Crippen molar-refractivity contribution in [3.8, 4) is 0 Å². The molecule has 9 heavy (non-hydrogen) atoms. The molecule has 1 heterocycles. The summed E-state index contributed by atoms with van der Waals surface area (Å²) in [7, 11) is 0. The van der Waals surface area contributed by atoms with E-state index < -0.39 is 0 Å². The van der Waals surface area contributed by atoms with E-state index in [1.54, 1.807) is 0 Å². The Hall–Kier alpha value is 0.210. The Kier molecular flexibility index (Phi) is 2.33. The summed E-state index contributed by atoms with van der Waals surface area (Å²) >= 11 is 12.6. The van der Waals surface area contributed by atoms with Crippen molar-refractivity contribution >= 4 is 34.7 Å². The number of rotatable bonds is 1. The minimum Gasteiger partial charge on any atom is -0.196 e. The highest BCUT2D eigenvalue weighted by molar-refractivity contribution is 7.10. The van der Waals surface area contributed by atoms with Gasteiger partial charge < -0.3 is 0 Å². The van der Waals surface area contributed by atoms with Gasteiger partial charge >= 0.3 is 0 Å². The molecule has 1 nitrogen and oxygen atoms in total. The summed E-state index contributed by atoms with van der Waals surface area (Å²) in [6, 6.07) is 0. The van der Waals surface area contributed by atoms with Crippen molar-refractivity contribution in [3.05, 3.63) is 15.6 Å². The second-order valence-corrected chi connectivity index (χ2v) is 3.30. The maximum atomic E-state index is 5.72. The maximum Gasteiger partial charge on any atom is 0.118 e. The van der Waals surface area contributed by atoms with Gasteiger partial charge in [0.2, 0.25) is 0 Å². The highest BCUT2D eigenvalue weighted by Gasteiger charge is 2.05. The van der Waals surface area contributed by atoms with Crippen molar-refractivity contribution in [3.63, 3.8) is 0 Å². The number of nitrogens with zero attached hydrogens (tertiary/aromatic N) is 1. The lowest BCUT2D eigenvalue weighted by atomic mass is 10.3. The summed E-state index contributed by atoms with van der Waals surface area (Å²) in [6.45, 7) is 1.90. The van der Waals surface area contributed by atoms with Crippen LogP contribution in [0.15, 0.2) is 0 Å². The first-order chi connectivity index (χ1) is 4.25. The van der Waals surface area contributed by atoms with Crippen LogP contribution in [0, 0.1) is 6.92 Å². The molecule has 1 aromatic rings. The van der Waals surface area contributed by atoms with Crippen LogP contribution in [0.4, 0.5) is 0 Å². The first-order valence-corrected chi connectivity index (χ1v) is 4.11. The molecule has 1 aromatic heterocycles. The van der Waals surface area contributed by atoms with E-state index in [1.807, 2.05) is 6.92 Å². The van der Waals surface area contributed by atoms with E-state index >= 15 is 0 Å². The van der Waals surface area contributed by atoms with Crippen LogP contribution < -0.4 is 0 Å². The van der Waals surface area contributed by atoms with Crippen molar-refractivity contribution in [2.24, 2.45) is 0 Å². The zero-order chi connectivity index (χ0) is 6.85. The van der Waals surface area contributed by atoms with Crippen molar-refractivity contribution in [2.75, 3.05) is 0 Å². The molecule has 0 fully saturated rings. The van der Waals surface area contributed by atoms with E-state index in [2.05, 4.69) is 4.37 Å². The molecule has 0 amide bonds. The average molecular weight is 182 g/mol. The number of aryl methyl sites for hydroxylation is 1. The Morgan fingerprint density at radius 2 is 2.33 bits per heavy atom. The summed E-state index contributed by atoms with van der Waals surface area (Å²) in [5.74, 6) is 0.459. The molecule has 4 heteroatoms. The average Bonchev–Trinajstić information content (AvgIpc) is 2.12. The molecule has 0 spiro atoms. The highest BCUT2D eigenvalue weighted by atomic mass is 35.5. The van der Waals surface area contributed by atoms with Crippen molar-refractivity contribution in [1.29, 1.82) is 0 Å². The molecule has 0 saturated heterocycles. The molecular formula is C5H5Cl2NS. The molecule has 0 radical (unpaired) electrons. The van der Waals surface area contributed by atoms with Crippen LogP contribution in [0.1, 0.15) is 11.3 Å². The van der Waals surface area contributed by atoms with Crippen LogP contribution in [-0.4, -0.2) is 4.37 Å². The van der Waals surface area contributed by atoms with Crippen molar-refractivity contribution in [2.45, 2.75) is 12.8 Å². The number of alkyl halides is 1. The highest BCUT2D eigenvalue weighted by Crippen LogP contribution is 2.24. The second kappa shape index (κ2) is 2.86. The number of hydrogen-bond donors (Lipinski definition) is 0. The quantitative estimate of drug-likeness (QED) is 0.608. The summed E-state index contributed by atoms with van der Waals surface area (Å²) in [6.07, 6.45) is 0. The van der Waals surface area contributed by atoms with Gasteiger partial charge in [-0.1, -0.05) is 11.6 Å². The predicted molar refractivity (Wildman–Crippen MR) is 41.4 cm³/mol. The summed E-state index contributed by atoms with van der Waals surface area (Å²) in [5.41, 5.74) is 1.91. The smallest absolute Gasteiger partial charge is 0.118 e. The summed E-state index contributed by atoms with van der Waals surface area (Å²) in [5, 5.41) is 0. The van der Waals surface area contributed by atoms with Crippen LogP contribution in [0.5, 0.6) is 0 Å². The van der Waals surface area contributed by atoms with Gasteiger partial charge in [0.05, 0.1) is 11.6 Å².